The van der Waals surface area contributed by atoms with Crippen LogP contribution < -0.4 is 5.32 Å². The number of benzene rings is 1. The Morgan fingerprint density at radius 2 is 2.17 bits per heavy atom. The van der Waals surface area contributed by atoms with Crippen LogP contribution in [0.1, 0.15) is 11.9 Å². The van der Waals surface area contributed by atoms with Gasteiger partial charge in [-0.2, -0.15) is 0 Å². The Bertz CT molecular complexity index is 531. The minimum atomic E-state index is 0.688. The van der Waals surface area contributed by atoms with Crippen LogP contribution >= 0.6 is 46.3 Å². The highest BCUT2D eigenvalue weighted by Crippen LogP contribution is 2.32. The zero-order valence-electron chi connectivity index (χ0n) is 9.61. The summed E-state index contributed by atoms with van der Waals surface area (Å²) in [6.45, 7) is 2.88. The van der Waals surface area contributed by atoms with Crippen LogP contribution in [0.4, 0.5) is 5.13 Å². The number of halogens is 2. The maximum atomic E-state index is 6.09. The predicted octanol–water partition coefficient (Wildman–Crippen LogP) is 4.57. The molecule has 1 aromatic heterocycles. The largest absolute Gasteiger partial charge is 0.360 e. The van der Waals surface area contributed by atoms with Gasteiger partial charge in [-0.25, -0.2) is 0 Å². The maximum absolute atomic E-state index is 6.09. The van der Waals surface area contributed by atoms with Gasteiger partial charge in [0.05, 0.1) is 10.8 Å². The third-order valence-electron chi connectivity index (χ3n) is 2.04. The van der Waals surface area contributed by atoms with Crippen molar-refractivity contribution in [2.24, 2.45) is 0 Å². The number of thioether (sulfide) groups is 1. The van der Waals surface area contributed by atoms with Gasteiger partial charge in [0.1, 0.15) is 5.01 Å². The van der Waals surface area contributed by atoms with E-state index in [2.05, 4.69) is 15.5 Å². The second-order valence-corrected chi connectivity index (χ2v) is 6.32. The van der Waals surface area contributed by atoms with Gasteiger partial charge in [0, 0.05) is 16.5 Å². The molecule has 0 atom stereocenters. The molecule has 0 aliphatic rings. The summed E-state index contributed by atoms with van der Waals surface area (Å²) >= 11 is 15.2. The normalized spacial score (nSPS) is 10.6. The number of nitrogens with zero attached hydrogens (tertiary/aromatic N) is 2. The summed E-state index contributed by atoms with van der Waals surface area (Å²) in [6.07, 6.45) is 0. The standard InChI is InChI=1S/C11H11Cl2N3S2/c1-2-14-11-16-15-10(18-11)6-17-9-5-7(12)3-4-8(9)13/h3-5H,2,6H2,1H3,(H,14,16). The molecule has 7 heteroatoms. The summed E-state index contributed by atoms with van der Waals surface area (Å²) in [5.74, 6) is 0.739. The van der Waals surface area contributed by atoms with E-state index < -0.39 is 0 Å². The third-order valence-corrected chi connectivity index (χ3v) is 4.85. The summed E-state index contributed by atoms with van der Waals surface area (Å²) in [5.41, 5.74) is 0. The summed E-state index contributed by atoms with van der Waals surface area (Å²) in [7, 11) is 0. The van der Waals surface area contributed by atoms with Gasteiger partial charge in [-0.3, -0.25) is 0 Å². The molecule has 18 heavy (non-hydrogen) atoms. The number of anilines is 1. The van der Waals surface area contributed by atoms with Gasteiger partial charge >= 0.3 is 0 Å². The van der Waals surface area contributed by atoms with Crippen LogP contribution in [0.25, 0.3) is 0 Å². The number of rotatable bonds is 5. The van der Waals surface area contributed by atoms with Crippen molar-refractivity contribution in [2.75, 3.05) is 11.9 Å². The number of hydrogen-bond acceptors (Lipinski definition) is 5. The lowest BCUT2D eigenvalue weighted by Gasteiger charge is -2.02. The predicted molar refractivity (Wildman–Crippen MR) is 80.1 cm³/mol. The Labute approximate surface area is 124 Å². The van der Waals surface area contributed by atoms with Crippen LogP contribution in [-0.4, -0.2) is 16.7 Å². The molecule has 0 radical (unpaired) electrons. The minimum absolute atomic E-state index is 0.688. The van der Waals surface area contributed by atoms with Crippen molar-refractivity contribution in [3.8, 4) is 0 Å². The van der Waals surface area contributed by atoms with Gasteiger partial charge in [-0.15, -0.1) is 22.0 Å². The average Bonchev–Trinajstić information content (AvgIpc) is 2.79. The Hall–Kier alpha value is -0.490. The van der Waals surface area contributed by atoms with E-state index >= 15 is 0 Å². The monoisotopic (exact) mass is 319 g/mol. The fourth-order valence-corrected chi connectivity index (χ4v) is 3.55. The van der Waals surface area contributed by atoms with Crippen LogP contribution in [0.3, 0.4) is 0 Å². The Morgan fingerprint density at radius 3 is 2.94 bits per heavy atom. The van der Waals surface area contributed by atoms with Gasteiger partial charge < -0.3 is 5.32 Å². The molecule has 0 bridgehead atoms. The molecule has 3 nitrogen and oxygen atoms in total. The topological polar surface area (TPSA) is 37.8 Å². The first-order valence-electron chi connectivity index (χ1n) is 5.33. The SMILES string of the molecule is CCNc1nnc(CSc2cc(Cl)ccc2Cl)s1. The van der Waals surface area contributed by atoms with Crippen molar-refractivity contribution >= 4 is 51.4 Å². The van der Waals surface area contributed by atoms with Gasteiger partial charge in [0.25, 0.3) is 0 Å². The van der Waals surface area contributed by atoms with E-state index in [1.807, 2.05) is 13.0 Å². The minimum Gasteiger partial charge on any atom is -0.360 e. The first kappa shape index (κ1) is 13.9. The van der Waals surface area contributed by atoms with Crippen molar-refractivity contribution in [1.29, 1.82) is 0 Å². The van der Waals surface area contributed by atoms with Crippen molar-refractivity contribution in [1.82, 2.24) is 10.2 Å². The van der Waals surface area contributed by atoms with Crippen LogP contribution in [0.5, 0.6) is 0 Å². The molecule has 1 aromatic carbocycles. The van der Waals surface area contributed by atoms with Gasteiger partial charge in [-0.05, 0) is 25.1 Å². The Kier molecular flexibility index (Phi) is 5.12. The molecule has 1 N–H and O–H groups in total. The molecule has 2 rings (SSSR count). The van der Waals surface area contributed by atoms with Crippen molar-refractivity contribution in [3.05, 3.63) is 33.3 Å². The number of hydrogen-bond donors (Lipinski definition) is 1. The highest BCUT2D eigenvalue weighted by molar-refractivity contribution is 7.98. The molecule has 0 aliphatic heterocycles. The lowest BCUT2D eigenvalue weighted by atomic mass is 10.4. The third kappa shape index (κ3) is 3.75. The molecule has 0 saturated carbocycles. The van der Waals surface area contributed by atoms with E-state index in [1.165, 1.54) is 0 Å². The average molecular weight is 320 g/mol. The fourth-order valence-electron chi connectivity index (χ4n) is 1.26. The molecule has 0 fully saturated rings. The molecular formula is C11H11Cl2N3S2. The fraction of sp³-hybridized carbons (Fsp3) is 0.273. The number of aromatic nitrogens is 2. The van der Waals surface area contributed by atoms with E-state index in [-0.39, 0.29) is 0 Å². The zero-order valence-corrected chi connectivity index (χ0v) is 12.8. The molecule has 1 heterocycles. The molecule has 0 saturated heterocycles. The van der Waals surface area contributed by atoms with E-state index in [0.29, 0.717) is 10.0 Å². The summed E-state index contributed by atoms with van der Waals surface area (Å²) in [4.78, 5) is 0.962. The Morgan fingerprint density at radius 1 is 1.33 bits per heavy atom. The smallest absolute Gasteiger partial charge is 0.205 e. The second-order valence-electron chi connectivity index (χ2n) is 3.39. The molecule has 96 valence electrons. The van der Waals surface area contributed by atoms with E-state index in [4.69, 9.17) is 23.2 Å². The van der Waals surface area contributed by atoms with Crippen molar-refractivity contribution in [3.63, 3.8) is 0 Å². The van der Waals surface area contributed by atoms with Crippen LogP contribution in [0.2, 0.25) is 10.0 Å². The molecule has 0 unspecified atom stereocenters. The van der Waals surface area contributed by atoms with Crippen LogP contribution in [-0.2, 0) is 5.75 Å². The zero-order chi connectivity index (χ0) is 13.0. The van der Waals surface area contributed by atoms with E-state index in [9.17, 15) is 0 Å². The van der Waals surface area contributed by atoms with Crippen LogP contribution in [0.15, 0.2) is 23.1 Å². The van der Waals surface area contributed by atoms with Crippen molar-refractivity contribution in [2.45, 2.75) is 17.6 Å². The van der Waals surface area contributed by atoms with Gasteiger partial charge in [0.2, 0.25) is 5.13 Å². The summed E-state index contributed by atoms with van der Waals surface area (Å²) in [5, 5.41) is 14.5. The lowest BCUT2D eigenvalue weighted by molar-refractivity contribution is 1.03. The van der Waals surface area contributed by atoms with Crippen molar-refractivity contribution < 1.29 is 0 Å². The maximum Gasteiger partial charge on any atom is 0.205 e. The number of nitrogens with one attached hydrogen (secondary N) is 1. The molecule has 0 amide bonds. The lowest BCUT2D eigenvalue weighted by Crippen LogP contribution is -1.94. The van der Waals surface area contributed by atoms with Gasteiger partial charge in [-0.1, -0.05) is 34.5 Å². The highest BCUT2D eigenvalue weighted by atomic mass is 35.5. The highest BCUT2D eigenvalue weighted by Gasteiger charge is 2.06. The molecule has 2 aromatic rings. The molecule has 0 aliphatic carbocycles. The molecule has 0 spiro atoms. The Balaban J connectivity index is 1.99. The summed E-state index contributed by atoms with van der Waals surface area (Å²) < 4.78 is 0. The van der Waals surface area contributed by atoms with Gasteiger partial charge in [0.15, 0.2) is 0 Å². The quantitative estimate of drug-likeness (QED) is 0.819. The van der Waals surface area contributed by atoms with E-state index in [1.54, 1.807) is 35.2 Å². The van der Waals surface area contributed by atoms with E-state index in [0.717, 1.165) is 27.3 Å². The first-order chi connectivity index (χ1) is 8.69. The molecular weight excluding hydrogens is 309 g/mol. The summed E-state index contributed by atoms with van der Waals surface area (Å²) in [6, 6.07) is 5.44. The first-order valence-corrected chi connectivity index (χ1v) is 7.89. The second kappa shape index (κ2) is 6.61. The van der Waals surface area contributed by atoms with Crippen LogP contribution in [0, 0.1) is 0 Å².